The van der Waals surface area contributed by atoms with Gasteiger partial charge in [0.2, 0.25) is 5.91 Å². The average molecular weight is 691 g/mol. The molecule has 5 rings (SSSR count). The Labute approximate surface area is 289 Å². The van der Waals surface area contributed by atoms with Crippen LogP contribution in [0, 0.1) is 0 Å². The van der Waals surface area contributed by atoms with Crippen LogP contribution in [0.15, 0.2) is 97.1 Å². The number of ether oxygens (including phenoxy) is 3. The van der Waals surface area contributed by atoms with Crippen LogP contribution in [0.3, 0.4) is 0 Å². The lowest BCUT2D eigenvalue weighted by Gasteiger charge is -2.30. The minimum atomic E-state index is -0.961. The number of aryl methyl sites for hydroxylation is 1. The second-order valence-corrected chi connectivity index (χ2v) is 13.1. The Hall–Kier alpha value is -4.42. The van der Waals surface area contributed by atoms with Gasteiger partial charge in [-0.05, 0) is 47.7 Å². The van der Waals surface area contributed by atoms with Gasteiger partial charge in [0.05, 0.1) is 36.7 Å². The van der Waals surface area contributed by atoms with Crippen molar-refractivity contribution < 1.29 is 28.6 Å². The zero-order valence-electron chi connectivity index (χ0n) is 26.5. The van der Waals surface area contributed by atoms with Crippen LogP contribution < -0.4 is 21.3 Å². The van der Waals surface area contributed by atoms with Crippen LogP contribution in [0.2, 0.25) is 4.34 Å². The first-order chi connectivity index (χ1) is 23.4. The van der Waals surface area contributed by atoms with Crippen LogP contribution >= 0.6 is 22.9 Å². The van der Waals surface area contributed by atoms with Gasteiger partial charge in [-0.25, -0.2) is 9.59 Å². The number of benzene rings is 3. The van der Waals surface area contributed by atoms with Crippen molar-refractivity contribution in [1.29, 1.82) is 0 Å². The predicted molar refractivity (Wildman–Crippen MR) is 186 cm³/mol. The third-order valence-corrected chi connectivity index (χ3v) is 9.25. The summed E-state index contributed by atoms with van der Waals surface area (Å²) in [6, 6.07) is 29.4. The van der Waals surface area contributed by atoms with Gasteiger partial charge >= 0.3 is 12.2 Å². The zero-order valence-corrected chi connectivity index (χ0v) is 28.1. The molecule has 3 amide bonds. The van der Waals surface area contributed by atoms with E-state index in [9.17, 15) is 14.4 Å². The van der Waals surface area contributed by atoms with Crippen LogP contribution in [-0.2, 0) is 32.0 Å². The fourth-order valence-electron chi connectivity index (χ4n) is 5.57. The Morgan fingerprint density at radius 3 is 2.25 bits per heavy atom. The van der Waals surface area contributed by atoms with Crippen molar-refractivity contribution in [3.63, 3.8) is 0 Å². The zero-order chi connectivity index (χ0) is 33.7. The highest BCUT2D eigenvalue weighted by molar-refractivity contribution is 7.16. The third kappa shape index (κ3) is 10.0. The van der Waals surface area contributed by atoms with Crippen molar-refractivity contribution in [2.45, 2.75) is 43.5 Å². The van der Waals surface area contributed by atoms with Crippen molar-refractivity contribution in [1.82, 2.24) is 16.0 Å². The van der Waals surface area contributed by atoms with Crippen LogP contribution in [0.4, 0.5) is 15.3 Å². The maximum absolute atomic E-state index is 14.0. The molecular formula is C36H39ClN4O6S. The van der Waals surface area contributed by atoms with E-state index in [0.717, 1.165) is 21.6 Å². The maximum Gasteiger partial charge on any atom is 0.407 e. The number of thiophene rings is 1. The standard InChI is InChI=1S/C36H39ClN4O6S/c1-45-36(44)41-33(32(25-11-4-2-5-12-25)26-13-6-3-7-14-26)34(42)40-30-15-9-8-10-24(30)16-17-28-20-38-27(22-46-28)23-47-35(43)39-21-29-18-19-31(37)48-29/h2-15,18-19,27-28,32-33,38H,16-17,20-23H2,1H3,(H,39,43)(H,40,42)(H,41,44)/t27-,28+,33-/m0/s1. The minimum absolute atomic E-state index is 0.0586. The molecule has 4 aromatic rings. The summed E-state index contributed by atoms with van der Waals surface area (Å²) in [5.74, 6) is -0.837. The van der Waals surface area contributed by atoms with E-state index < -0.39 is 24.1 Å². The quantitative estimate of drug-likeness (QED) is 0.133. The third-order valence-electron chi connectivity index (χ3n) is 8.02. The second-order valence-electron chi connectivity index (χ2n) is 11.3. The van der Waals surface area contributed by atoms with Gasteiger partial charge in [-0.3, -0.25) is 4.79 Å². The first-order valence-electron chi connectivity index (χ1n) is 15.7. The van der Waals surface area contributed by atoms with Gasteiger partial charge in [-0.2, -0.15) is 0 Å². The fraction of sp³-hybridized carbons (Fsp3) is 0.306. The Kier molecular flexibility index (Phi) is 12.8. The fourth-order valence-corrected chi connectivity index (χ4v) is 6.59. The van der Waals surface area contributed by atoms with Gasteiger partial charge in [0.15, 0.2) is 0 Å². The highest BCUT2D eigenvalue weighted by Crippen LogP contribution is 2.30. The number of morpholine rings is 1. The molecule has 1 saturated heterocycles. The molecule has 0 unspecified atom stereocenters. The van der Waals surface area contributed by atoms with E-state index in [-0.39, 0.29) is 24.7 Å². The molecule has 10 nitrogen and oxygen atoms in total. The highest BCUT2D eigenvalue weighted by atomic mass is 35.5. The summed E-state index contributed by atoms with van der Waals surface area (Å²) in [5, 5.41) is 12.0. The van der Waals surface area contributed by atoms with Gasteiger partial charge < -0.3 is 35.5 Å². The van der Waals surface area contributed by atoms with E-state index in [2.05, 4.69) is 21.3 Å². The maximum atomic E-state index is 14.0. The number of carbonyl (C=O) groups is 3. The molecule has 1 aliphatic heterocycles. The van der Waals surface area contributed by atoms with Crippen molar-refractivity contribution >= 4 is 46.7 Å². The molecule has 1 aliphatic rings. The van der Waals surface area contributed by atoms with E-state index in [1.54, 1.807) is 6.07 Å². The second kappa shape index (κ2) is 17.7. The Balaban J connectivity index is 1.16. The Morgan fingerprint density at radius 1 is 0.938 bits per heavy atom. The molecule has 0 radical (unpaired) electrons. The molecule has 0 spiro atoms. The van der Waals surface area contributed by atoms with Gasteiger partial charge in [-0.15, -0.1) is 11.3 Å². The summed E-state index contributed by atoms with van der Waals surface area (Å²) in [4.78, 5) is 39.6. The number of rotatable bonds is 13. The lowest BCUT2D eigenvalue weighted by molar-refractivity contribution is -0.118. The van der Waals surface area contributed by atoms with Gasteiger partial charge in [0, 0.05) is 23.0 Å². The van der Waals surface area contributed by atoms with E-state index >= 15 is 0 Å². The SMILES string of the molecule is COC(=O)N[C@H](C(=O)Nc1ccccc1CC[C@@H]1CN[C@H](COC(=O)NCc2ccc(Cl)s2)CO1)C(c1ccccc1)c1ccccc1. The summed E-state index contributed by atoms with van der Waals surface area (Å²) < 4.78 is 17.0. The molecule has 0 saturated carbocycles. The minimum Gasteiger partial charge on any atom is -0.453 e. The molecular weight excluding hydrogens is 652 g/mol. The summed E-state index contributed by atoms with van der Waals surface area (Å²) in [7, 11) is 1.28. The molecule has 3 atom stereocenters. The van der Waals surface area contributed by atoms with E-state index in [4.69, 9.17) is 25.8 Å². The van der Waals surface area contributed by atoms with Crippen LogP contribution in [0.25, 0.3) is 0 Å². The summed E-state index contributed by atoms with van der Waals surface area (Å²) in [6.07, 6.45) is 0.101. The molecule has 252 valence electrons. The summed E-state index contributed by atoms with van der Waals surface area (Å²) >= 11 is 7.34. The first-order valence-corrected chi connectivity index (χ1v) is 16.9. The molecule has 0 bridgehead atoms. The smallest absolute Gasteiger partial charge is 0.407 e. The van der Waals surface area contributed by atoms with Gasteiger partial charge in [0.25, 0.3) is 0 Å². The first kappa shape index (κ1) is 34.9. The number of nitrogens with one attached hydrogen (secondary N) is 4. The monoisotopic (exact) mass is 690 g/mol. The van der Waals surface area contributed by atoms with Crippen LogP contribution in [0.5, 0.6) is 0 Å². The molecule has 12 heteroatoms. The van der Waals surface area contributed by atoms with Crippen molar-refractivity contribution in [3.8, 4) is 0 Å². The summed E-state index contributed by atoms with van der Waals surface area (Å²) in [6.45, 7) is 1.54. The van der Waals surface area contributed by atoms with Crippen LogP contribution in [-0.4, -0.2) is 63.1 Å². The predicted octanol–water partition coefficient (Wildman–Crippen LogP) is 6.11. The molecule has 1 aromatic heterocycles. The largest absolute Gasteiger partial charge is 0.453 e. The molecule has 3 aromatic carbocycles. The lowest BCUT2D eigenvalue weighted by atomic mass is 9.84. The Bertz CT molecular complexity index is 1590. The normalized spacial score (nSPS) is 16.5. The van der Waals surface area contributed by atoms with Gasteiger partial charge in [-0.1, -0.05) is 90.5 Å². The molecule has 1 fully saturated rings. The number of hydrogen-bond donors (Lipinski definition) is 4. The number of carbonyl (C=O) groups excluding carboxylic acids is 3. The van der Waals surface area contributed by atoms with Crippen LogP contribution in [0.1, 0.15) is 33.9 Å². The number of anilines is 1. The topological polar surface area (TPSA) is 127 Å². The Morgan fingerprint density at radius 2 is 1.62 bits per heavy atom. The molecule has 0 aliphatic carbocycles. The molecule has 4 N–H and O–H groups in total. The van der Waals surface area contributed by atoms with E-state index in [1.165, 1.54) is 18.4 Å². The number of methoxy groups -OCH3 is 1. The number of amides is 3. The molecule has 48 heavy (non-hydrogen) atoms. The number of para-hydroxylation sites is 1. The number of alkyl carbamates (subject to hydrolysis) is 2. The van der Waals surface area contributed by atoms with Crippen molar-refractivity contribution in [2.75, 3.05) is 32.2 Å². The average Bonchev–Trinajstić information content (AvgIpc) is 3.55. The number of halogens is 1. The van der Waals surface area contributed by atoms with E-state index in [0.29, 0.717) is 42.6 Å². The molecule has 2 heterocycles. The summed E-state index contributed by atoms with van der Waals surface area (Å²) in [5.41, 5.74) is 3.36. The lowest BCUT2D eigenvalue weighted by Crippen LogP contribution is -2.49. The van der Waals surface area contributed by atoms with Gasteiger partial charge in [0.1, 0.15) is 12.6 Å². The number of hydrogen-bond acceptors (Lipinski definition) is 8. The highest BCUT2D eigenvalue weighted by Gasteiger charge is 2.33. The van der Waals surface area contributed by atoms with E-state index in [1.807, 2.05) is 91.0 Å². The van der Waals surface area contributed by atoms with Crippen molar-refractivity contribution in [2.24, 2.45) is 0 Å². The van der Waals surface area contributed by atoms with Crippen molar-refractivity contribution in [3.05, 3.63) is 123 Å².